The molecule has 3 heterocycles. The van der Waals surface area contributed by atoms with Gasteiger partial charge in [0.1, 0.15) is 5.69 Å². The molecule has 0 unspecified atom stereocenters. The Morgan fingerprint density at radius 1 is 1.20 bits per heavy atom. The highest BCUT2D eigenvalue weighted by atomic mass is 16.5. The number of hydrogen-bond acceptors (Lipinski definition) is 5. The van der Waals surface area contributed by atoms with Gasteiger partial charge in [0.15, 0.2) is 11.6 Å². The van der Waals surface area contributed by atoms with E-state index >= 15 is 0 Å². The zero-order valence-electron chi connectivity index (χ0n) is 14.5. The van der Waals surface area contributed by atoms with Crippen LogP contribution in [0.4, 0.5) is 0 Å². The highest BCUT2D eigenvalue weighted by molar-refractivity contribution is 5.48. The van der Waals surface area contributed by atoms with Gasteiger partial charge in [-0.3, -0.25) is 4.98 Å². The third kappa shape index (κ3) is 3.44. The fourth-order valence-electron chi connectivity index (χ4n) is 3.06. The molecule has 6 nitrogen and oxygen atoms in total. The summed E-state index contributed by atoms with van der Waals surface area (Å²) in [6, 6.07) is 8.44. The lowest BCUT2D eigenvalue weighted by molar-refractivity contribution is 0.193. The molecular weight excluding hydrogens is 314 g/mol. The molecule has 1 aliphatic rings. The minimum absolute atomic E-state index is 0.260. The summed E-state index contributed by atoms with van der Waals surface area (Å²) in [5.74, 6) is 1.86. The number of ether oxygens (including phenoxy) is 1. The maximum absolute atomic E-state index is 5.50. The summed E-state index contributed by atoms with van der Waals surface area (Å²) in [6.45, 7) is 6.14. The van der Waals surface area contributed by atoms with Gasteiger partial charge >= 0.3 is 0 Å². The van der Waals surface area contributed by atoms with E-state index < -0.39 is 0 Å². The molecule has 128 valence electrons. The van der Waals surface area contributed by atoms with Crippen LogP contribution in [0.5, 0.6) is 0 Å². The molecule has 1 aliphatic heterocycles. The first-order chi connectivity index (χ1) is 12.2. The molecule has 3 aromatic rings. The molecule has 0 spiro atoms. The third-order valence-electron chi connectivity index (χ3n) is 4.41. The van der Waals surface area contributed by atoms with Crippen molar-refractivity contribution in [2.75, 3.05) is 13.2 Å². The maximum atomic E-state index is 5.50. The van der Waals surface area contributed by atoms with Crippen LogP contribution in [-0.4, -0.2) is 37.9 Å². The average molecular weight is 335 g/mol. The van der Waals surface area contributed by atoms with Gasteiger partial charge in [-0.1, -0.05) is 29.8 Å². The molecule has 2 aromatic heterocycles. The van der Waals surface area contributed by atoms with Crippen LogP contribution in [0, 0.1) is 13.8 Å². The summed E-state index contributed by atoms with van der Waals surface area (Å²) in [5.41, 5.74) is 4.06. The van der Waals surface area contributed by atoms with E-state index in [0.29, 0.717) is 13.2 Å². The van der Waals surface area contributed by atoms with Gasteiger partial charge in [0.25, 0.3) is 0 Å². The molecule has 4 rings (SSSR count). The number of rotatable bonds is 4. The molecule has 1 aromatic carbocycles. The molecule has 0 amide bonds. The number of aryl methyl sites for hydroxylation is 2. The topological polar surface area (TPSA) is 65.7 Å². The van der Waals surface area contributed by atoms with Crippen molar-refractivity contribution in [3.05, 3.63) is 59.3 Å². The summed E-state index contributed by atoms with van der Waals surface area (Å²) < 4.78 is 7.43. The van der Waals surface area contributed by atoms with Gasteiger partial charge in [-0.2, -0.15) is 5.10 Å². The van der Waals surface area contributed by atoms with E-state index in [1.807, 2.05) is 11.6 Å². The van der Waals surface area contributed by atoms with Gasteiger partial charge in [0, 0.05) is 18.7 Å². The van der Waals surface area contributed by atoms with Crippen LogP contribution in [-0.2, 0) is 11.3 Å². The van der Waals surface area contributed by atoms with Gasteiger partial charge in [-0.15, -0.1) is 0 Å². The Hall–Kier alpha value is -2.60. The van der Waals surface area contributed by atoms with Gasteiger partial charge in [-0.05, 0) is 25.8 Å². The van der Waals surface area contributed by atoms with Crippen molar-refractivity contribution in [1.82, 2.24) is 24.7 Å². The number of nitrogens with zero attached hydrogens (tertiary/aromatic N) is 5. The highest BCUT2D eigenvalue weighted by Crippen LogP contribution is 2.25. The Bertz CT molecular complexity index is 866. The van der Waals surface area contributed by atoms with E-state index in [-0.39, 0.29) is 5.92 Å². The van der Waals surface area contributed by atoms with Crippen LogP contribution in [0.25, 0.3) is 11.5 Å². The Morgan fingerprint density at radius 3 is 2.84 bits per heavy atom. The lowest BCUT2D eigenvalue weighted by Crippen LogP contribution is -2.06. The quantitative estimate of drug-likeness (QED) is 0.733. The number of hydrogen-bond donors (Lipinski definition) is 0. The van der Waals surface area contributed by atoms with Crippen LogP contribution in [0.2, 0.25) is 0 Å². The van der Waals surface area contributed by atoms with Crippen LogP contribution >= 0.6 is 0 Å². The minimum atomic E-state index is 0.260. The maximum Gasteiger partial charge on any atom is 0.178 e. The summed E-state index contributed by atoms with van der Waals surface area (Å²) >= 11 is 0. The lowest BCUT2D eigenvalue weighted by Gasteiger charge is -2.06. The molecule has 0 bridgehead atoms. The summed E-state index contributed by atoms with van der Waals surface area (Å²) in [4.78, 5) is 13.6. The van der Waals surface area contributed by atoms with Crippen molar-refractivity contribution in [3.8, 4) is 11.5 Å². The van der Waals surface area contributed by atoms with Crippen LogP contribution in [0.3, 0.4) is 0 Å². The Kier molecular flexibility index (Phi) is 4.28. The smallest absolute Gasteiger partial charge is 0.178 e. The van der Waals surface area contributed by atoms with Gasteiger partial charge < -0.3 is 4.74 Å². The minimum Gasteiger partial charge on any atom is -0.381 e. The predicted molar refractivity (Wildman–Crippen MR) is 94.2 cm³/mol. The molecule has 0 aliphatic carbocycles. The van der Waals surface area contributed by atoms with Crippen molar-refractivity contribution in [2.24, 2.45) is 0 Å². The molecule has 0 radical (unpaired) electrons. The molecule has 25 heavy (non-hydrogen) atoms. The van der Waals surface area contributed by atoms with Crippen molar-refractivity contribution in [1.29, 1.82) is 0 Å². The fraction of sp³-hybridized carbons (Fsp3) is 0.368. The van der Waals surface area contributed by atoms with Crippen LogP contribution in [0.15, 0.2) is 36.7 Å². The van der Waals surface area contributed by atoms with Gasteiger partial charge in [0.05, 0.1) is 25.0 Å². The van der Waals surface area contributed by atoms with Crippen molar-refractivity contribution in [3.63, 3.8) is 0 Å². The Labute approximate surface area is 146 Å². The second-order valence-corrected chi connectivity index (χ2v) is 6.54. The Balaban J connectivity index is 1.73. The van der Waals surface area contributed by atoms with E-state index in [9.17, 15) is 0 Å². The van der Waals surface area contributed by atoms with E-state index in [1.165, 1.54) is 11.1 Å². The first kappa shape index (κ1) is 15.9. The second kappa shape index (κ2) is 6.72. The zero-order chi connectivity index (χ0) is 17.2. The second-order valence-electron chi connectivity index (χ2n) is 6.54. The molecular formula is C19H21N5O. The molecule has 1 fully saturated rings. The van der Waals surface area contributed by atoms with E-state index in [2.05, 4.69) is 41.2 Å². The normalized spacial score (nSPS) is 17.1. The summed E-state index contributed by atoms with van der Waals surface area (Å²) in [6.07, 6.45) is 4.49. The zero-order valence-corrected chi connectivity index (χ0v) is 14.5. The lowest BCUT2D eigenvalue weighted by atomic mass is 10.1. The van der Waals surface area contributed by atoms with Crippen molar-refractivity contribution >= 4 is 0 Å². The number of aromatic nitrogens is 5. The molecule has 1 atom stereocenters. The molecule has 0 N–H and O–H groups in total. The van der Waals surface area contributed by atoms with Gasteiger partial charge in [0.2, 0.25) is 0 Å². The summed E-state index contributed by atoms with van der Waals surface area (Å²) in [5, 5.41) is 4.77. The highest BCUT2D eigenvalue weighted by Gasteiger charge is 2.24. The summed E-state index contributed by atoms with van der Waals surface area (Å²) in [7, 11) is 0. The third-order valence-corrected chi connectivity index (χ3v) is 4.41. The predicted octanol–water partition coefficient (Wildman–Crippen LogP) is 2.90. The number of benzene rings is 1. The first-order valence-electron chi connectivity index (χ1n) is 8.56. The van der Waals surface area contributed by atoms with Crippen LogP contribution in [0.1, 0.15) is 35.0 Å². The van der Waals surface area contributed by atoms with Crippen molar-refractivity contribution < 1.29 is 4.74 Å². The van der Waals surface area contributed by atoms with Crippen LogP contribution < -0.4 is 0 Å². The molecule has 6 heteroatoms. The van der Waals surface area contributed by atoms with E-state index in [0.717, 1.165) is 36.1 Å². The Morgan fingerprint density at radius 2 is 2.12 bits per heavy atom. The van der Waals surface area contributed by atoms with E-state index in [4.69, 9.17) is 14.8 Å². The van der Waals surface area contributed by atoms with Gasteiger partial charge in [-0.25, -0.2) is 14.6 Å². The first-order valence-corrected chi connectivity index (χ1v) is 8.56. The van der Waals surface area contributed by atoms with Crippen molar-refractivity contribution in [2.45, 2.75) is 32.7 Å². The fourth-order valence-corrected chi connectivity index (χ4v) is 3.06. The monoisotopic (exact) mass is 335 g/mol. The standard InChI is InChI=1S/C19H21N5O/c1-13-4-3-5-15(8-13)11-24-19(17-10-20-14(2)9-21-17)22-18(23-24)16-6-7-25-12-16/h3-5,8-10,16H,6-7,11-12H2,1-2H3/t16-/m1/s1. The van der Waals surface area contributed by atoms with E-state index in [1.54, 1.807) is 12.4 Å². The molecule has 0 saturated carbocycles. The SMILES string of the molecule is Cc1cccc(Cn2nc([C@@H]3CCOC3)nc2-c2cnc(C)cn2)c1. The average Bonchev–Trinajstić information content (AvgIpc) is 3.25. The largest absolute Gasteiger partial charge is 0.381 e. The molecule has 1 saturated heterocycles.